The molecule has 76 valence electrons. The fourth-order valence-electron chi connectivity index (χ4n) is 1.53. The van der Waals surface area contributed by atoms with Crippen LogP contribution in [0.1, 0.15) is 23.0 Å². The van der Waals surface area contributed by atoms with Gasteiger partial charge in [0.25, 0.3) is 0 Å². The van der Waals surface area contributed by atoms with Crippen LogP contribution in [0.15, 0.2) is 6.20 Å². The van der Waals surface area contributed by atoms with E-state index < -0.39 is 5.97 Å². The third-order valence-corrected chi connectivity index (χ3v) is 2.48. The maximum atomic E-state index is 10.9. The quantitative estimate of drug-likeness (QED) is 0.807. The van der Waals surface area contributed by atoms with Crippen LogP contribution in [0.4, 0.5) is 0 Å². The standard InChI is InChI=1S/C8H9ClN2O3/c9-6-3-10-11(7(6)8(12)13)5-1-2-14-4-5/h3,5H,1-2,4H2,(H,12,13)/t5-/m0/s1. The number of hydrogen-bond acceptors (Lipinski definition) is 3. The van der Waals surface area contributed by atoms with Crippen LogP contribution in [0.3, 0.4) is 0 Å². The Balaban J connectivity index is 2.37. The molecule has 1 N–H and O–H groups in total. The van der Waals surface area contributed by atoms with E-state index in [4.69, 9.17) is 21.4 Å². The van der Waals surface area contributed by atoms with Gasteiger partial charge in [-0.2, -0.15) is 5.10 Å². The van der Waals surface area contributed by atoms with Crippen molar-refractivity contribution in [2.45, 2.75) is 12.5 Å². The molecule has 1 aliphatic heterocycles. The highest BCUT2D eigenvalue weighted by Crippen LogP contribution is 2.24. The number of carbonyl (C=O) groups is 1. The number of aromatic carboxylic acids is 1. The topological polar surface area (TPSA) is 64.3 Å². The van der Waals surface area contributed by atoms with Crippen molar-refractivity contribution in [3.05, 3.63) is 16.9 Å². The average molecular weight is 217 g/mol. The molecule has 0 saturated carbocycles. The predicted molar refractivity (Wildman–Crippen MR) is 48.7 cm³/mol. The number of carboxylic acids is 1. The molecule has 1 atom stereocenters. The first-order valence-corrected chi connectivity index (χ1v) is 4.62. The lowest BCUT2D eigenvalue weighted by Gasteiger charge is -2.10. The number of ether oxygens (including phenoxy) is 1. The number of hydrogen-bond donors (Lipinski definition) is 1. The number of halogens is 1. The molecule has 6 heteroatoms. The van der Waals surface area contributed by atoms with E-state index in [2.05, 4.69) is 5.10 Å². The zero-order chi connectivity index (χ0) is 10.1. The Morgan fingerprint density at radius 3 is 3.14 bits per heavy atom. The Morgan fingerprint density at radius 1 is 1.79 bits per heavy atom. The summed E-state index contributed by atoms with van der Waals surface area (Å²) in [7, 11) is 0. The first-order chi connectivity index (χ1) is 6.70. The molecular weight excluding hydrogens is 208 g/mol. The van der Waals surface area contributed by atoms with E-state index in [1.54, 1.807) is 0 Å². The number of nitrogens with zero attached hydrogens (tertiary/aromatic N) is 2. The average Bonchev–Trinajstić information content (AvgIpc) is 2.70. The minimum atomic E-state index is -1.06. The van der Waals surface area contributed by atoms with Gasteiger partial charge >= 0.3 is 5.97 Å². The maximum Gasteiger partial charge on any atom is 0.355 e. The van der Waals surface area contributed by atoms with E-state index in [-0.39, 0.29) is 16.8 Å². The van der Waals surface area contributed by atoms with Gasteiger partial charge < -0.3 is 9.84 Å². The van der Waals surface area contributed by atoms with E-state index in [0.29, 0.717) is 13.2 Å². The minimum absolute atomic E-state index is 0.00593. The van der Waals surface area contributed by atoms with Crippen LogP contribution >= 0.6 is 11.6 Å². The van der Waals surface area contributed by atoms with Crippen LogP contribution < -0.4 is 0 Å². The molecule has 0 amide bonds. The minimum Gasteiger partial charge on any atom is -0.476 e. The predicted octanol–water partition coefficient (Wildman–Crippen LogP) is 1.20. The Hall–Kier alpha value is -1.07. The molecule has 0 aromatic carbocycles. The molecule has 5 nitrogen and oxygen atoms in total. The van der Waals surface area contributed by atoms with E-state index in [9.17, 15) is 4.79 Å². The fraction of sp³-hybridized carbons (Fsp3) is 0.500. The smallest absolute Gasteiger partial charge is 0.355 e. The van der Waals surface area contributed by atoms with Crippen LogP contribution in [-0.2, 0) is 4.74 Å². The molecular formula is C8H9ClN2O3. The van der Waals surface area contributed by atoms with Gasteiger partial charge in [0.1, 0.15) is 0 Å². The second-order valence-electron chi connectivity index (χ2n) is 3.11. The zero-order valence-corrected chi connectivity index (χ0v) is 8.07. The SMILES string of the molecule is O=C(O)c1c(Cl)cnn1[C@H]1CCOC1. The van der Waals surface area contributed by atoms with Gasteiger partial charge in [0, 0.05) is 6.61 Å². The summed E-state index contributed by atoms with van der Waals surface area (Å²) in [6.45, 7) is 1.14. The third kappa shape index (κ3) is 1.49. The lowest BCUT2D eigenvalue weighted by molar-refractivity contribution is 0.0679. The van der Waals surface area contributed by atoms with Gasteiger partial charge in [-0.1, -0.05) is 11.6 Å². The Bertz CT molecular complexity index is 357. The lowest BCUT2D eigenvalue weighted by atomic mass is 10.2. The first kappa shape index (κ1) is 9.48. The largest absolute Gasteiger partial charge is 0.476 e. The van der Waals surface area contributed by atoms with Crippen LogP contribution in [0.2, 0.25) is 5.02 Å². The number of carboxylic acid groups (broad SMARTS) is 1. The first-order valence-electron chi connectivity index (χ1n) is 4.24. The fourth-order valence-corrected chi connectivity index (χ4v) is 1.74. The van der Waals surface area contributed by atoms with Crippen molar-refractivity contribution in [3.63, 3.8) is 0 Å². The summed E-state index contributed by atoms with van der Waals surface area (Å²) in [5, 5.41) is 13.0. The highest BCUT2D eigenvalue weighted by molar-refractivity contribution is 6.33. The van der Waals surface area contributed by atoms with Crippen molar-refractivity contribution >= 4 is 17.6 Å². The number of rotatable bonds is 2. The summed E-state index contributed by atoms with van der Waals surface area (Å²) in [4.78, 5) is 10.9. The van der Waals surface area contributed by atoms with Gasteiger partial charge in [-0.05, 0) is 6.42 Å². The van der Waals surface area contributed by atoms with Crippen molar-refractivity contribution in [1.29, 1.82) is 0 Å². The van der Waals surface area contributed by atoms with Gasteiger partial charge in [-0.3, -0.25) is 4.68 Å². The molecule has 0 aliphatic carbocycles. The normalized spacial score (nSPS) is 21.4. The molecule has 1 fully saturated rings. The Labute approximate surface area is 85.2 Å². The monoisotopic (exact) mass is 216 g/mol. The molecule has 1 aromatic rings. The van der Waals surface area contributed by atoms with E-state index in [1.807, 2.05) is 0 Å². The van der Waals surface area contributed by atoms with Gasteiger partial charge in [-0.15, -0.1) is 0 Å². The lowest BCUT2D eigenvalue weighted by Crippen LogP contribution is -2.16. The van der Waals surface area contributed by atoms with Gasteiger partial charge in [0.05, 0.1) is 23.9 Å². The van der Waals surface area contributed by atoms with Crippen molar-refractivity contribution in [3.8, 4) is 0 Å². The van der Waals surface area contributed by atoms with E-state index >= 15 is 0 Å². The second kappa shape index (κ2) is 3.59. The molecule has 14 heavy (non-hydrogen) atoms. The van der Waals surface area contributed by atoms with Crippen molar-refractivity contribution in [2.75, 3.05) is 13.2 Å². The Kier molecular flexibility index (Phi) is 2.43. The summed E-state index contributed by atoms with van der Waals surface area (Å²) in [6, 6.07) is -0.00593. The molecule has 1 aromatic heterocycles. The molecule has 2 rings (SSSR count). The van der Waals surface area contributed by atoms with Gasteiger partial charge in [0.2, 0.25) is 0 Å². The van der Waals surface area contributed by atoms with Gasteiger partial charge in [0.15, 0.2) is 5.69 Å². The molecule has 1 aliphatic rings. The van der Waals surface area contributed by atoms with Crippen LogP contribution in [0, 0.1) is 0 Å². The maximum absolute atomic E-state index is 10.9. The van der Waals surface area contributed by atoms with Crippen LogP contribution in [-0.4, -0.2) is 34.1 Å². The molecule has 2 heterocycles. The Morgan fingerprint density at radius 2 is 2.57 bits per heavy atom. The van der Waals surface area contributed by atoms with E-state index in [1.165, 1.54) is 10.9 Å². The molecule has 0 bridgehead atoms. The van der Waals surface area contributed by atoms with Crippen molar-refractivity contribution in [2.24, 2.45) is 0 Å². The molecule has 0 unspecified atom stereocenters. The highest BCUT2D eigenvalue weighted by atomic mass is 35.5. The van der Waals surface area contributed by atoms with Crippen molar-refractivity contribution < 1.29 is 14.6 Å². The van der Waals surface area contributed by atoms with Crippen molar-refractivity contribution in [1.82, 2.24) is 9.78 Å². The summed E-state index contributed by atoms with van der Waals surface area (Å²) in [5.74, 6) is -1.06. The highest BCUT2D eigenvalue weighted by Gasteiger charge is 2.25. The van der Waals surface area contributed by atoms with Gasteiger partial charge in [-0.25, -0.2) is 4.79 Å². The van der Waals surface area contributed by atoms with E-state index in [0.717, 1.165) is 6.42 Å². The summed E-state index contributed by atoms with van der Waals surface area (Å²) >= 11 is 5.71. The summed E-state index contributed by atoms with van der Waals surface area (Å²) < 4.78 is 6.59. The number of aromatic nitrogens is 2. The molecule has 1 saturated heterocycles. The van der Waals surface area contributed by atoms with Crippen LogP contribution in [0.5, 0.6) is 0 Å². The zero-order valence-electron chi connectivity index (χ0n) is 7.31. The second-order valence-corrected chi connectivity index (χ2v) is 3.52. The molecule has 0 radical (unpaired) electrons. The summed E-state index contributed by atoms with van der Waals surface area (Å²) in [5.41, 5.74) is 0.0437. The summed E-state index contributed by atoms with van der Waals surface area (Å²) in [6.07, 6.45) is 2.13. The third-order valence-electron chi connectivity index (χ3n) is 2.20. The molecule has 0 spiro atoms. The van der Waals surface area contributed by atoms with Crippen LogP contribution in [0.25, 0.3) is 0 Å².